The molecule has 5 nitrogen and oxygen atoms in total. The summed E-state index contributed by atoms with van der Waals surface area (Å²) in [6.45, 7) is 2.07. The highest BCUT2D eigenvalue weighted by Gasteiger charge is 2.11. The number of nitrogens with zero attached hydrogens (tertiary/aromatic N) is 2. The van der Waals surface area contributed by atoms with Gasteiger partial charge < -0.3 is 5.73 Å². The van der Waals surface area contributed by atoms with Gasteiger partial charge in [0.05, 0.1) is 5.56 Å². The van der Waals surface area contributed by atoms with Crippen LogP contribution in [-0.2, 0) is 6.42 Å². The Kier molecular flexibility index (Phi) is 3.88. The minimum Gasteiger partial charge on any atom is -0.398 e. The number of para-hydroxylation sites is 1. The van der Waals surface area contributed by atoms with Crippen LogP contribution in [0.15, 0.2) is 24.3 Å². The van der Waals surface area contributed by atoms with Gasteiger partial charge in [0.1, 0.15) is 5.01 Å². The molecule has 0 saturated heterocycles. The number of benzene rings is 1. The quantitative estimate of drug-likeness (QED) is 0.829. The molecule has 0 fully saturated rings. The Balaban J connectivity index is 2.09. The van der Waals surface area contributed by atoms with Crippen LogP contribution in [0.4, 0.5) is 10.8 Å². The Labute approximate surface area is 109 Å². The van der Waals surface area contributed by atoms with E-state index in [1.165, 1.54) is 11.3 Å². The van der Waals surface area contributed by atoms with Crippen LogP contribution in [0.5, 0.6) is 0 Å². The Bertz CT molecular complexity index is 553. The lowest BCUT2D eigenvalue weighted by atomic mass is 10.2. The number of aromatic nitrogens is 2. The Hall–Kier alpha value is -1.95. The van der Waals surface area contributed by atoms with Gasteiger partial charge >= 0.3 is 0 Å². The predicted molar refractivity (Wildman–Crippen MR) is 72.7 cm³/mol. The predicted octanol–water partition coefficient (Wildman–Crippen LogP) is 2.33. The second-order valence-electron chi connectivity index (χ2n) is 3.79. The molecule has 1 aromatic carbocycles. The maximum absolute atomic E-state index is 11.9. The Morgan fingerprint density at radius 2 is 2.17 bits per heavy atom. The molecule has 1 aromatic heterocycles. The molecular weight excluding hydrogens is 248 g/mol. The molecule has 1 heterocycles. The summed E-state index contributed by atoms with van der Waals surface area (Å²) < 4.78 is 0. The van der Waals surface area contributed by atoms with Crippen molar-refractivity contribution in [1.82, 2.24) is 10.2 Å². The molecule has 6 heteroatoms. The fraction of sp³-hybridized carbons (Fsp3) is 0.250. The lowest BCUT2D eigenvalue weighted by Gasteiger charge is -2.03. The fourth-order valence-electron chi connectivity index (χ4n) is 1.49. The summed E-state index contributed by atoms with van der Waals surface area (Å²) in [6, 6.07) is 6.93. The van der Waals surface area contributed by atoms with Gasteiger partial charge in [0.25, 0.3) is 5.91 Å². The van der Waals surface area contributed by atoms with E-state index in [0.29, 0.717) is 16.4 Å². The van der Waals surface area contributed by atoms with E-state index in [9.17, 15) is 4.79 Å². The zero-order valence-electron chi connectivity index (χ0n) is 10.0. The third kappa shape index (κ3) is 2.84. The van der Waals surface area contributed by atoms with Gasteiger partial charge in [-0.3, -0.25) is 10.1 Å². The van der Waals surface area contributed by atoms with Crippen LogP contribution in [0.3, 0.4) is 0 Å². The molecular formula is C12H14N4OS. The molecule has 0 bridgehead atoms. The van der Waals surface area contributed by atoms with Gasteiger partial charge in [0.15, 0.2) is 0 Å². The van der Waals surface area contributed by atoms with Gasteiger partial charge in [-0.05, 0) is 18.6 Å². The first-order valence-corrected chi connectivity index (χ1v) is 6.50. The highest BCUT2D eigenvalue weighted by Crippen LogP contribution is 2.18. The summed E-state index contributed by atoms with van der Waals surface area (Å²) in [4.78, 5) is 11.9. The summed E-state index contributed by atoms with van der Waals surface area (Å²) in [5.41, 5.74) is 6.64. The van der Waals surface area contributed by atoms with Crippen molar-refractivity contribution < 1.29 is 4.79 Å². The summed E-state index contributed by atoms with van der Waals surface area (Å²) in [5.74, 6) is -0.257. The standard InChI is InChI=1S/C12H14N4OS/c1-2-5-10-15-16-12(18-10)14-11(17)8-6-3-4-7-9(8)13/h3-4,6-7H,2,5,13H2,1H3,(H,14,16,17). The van der Waals surface area contributed by atoms with Crippen molar-refractivity contribution in [2.24, 2.45) is 0 Å². The van der Waals surface area contributed by atoms with Gasteiger partial charge in [0.2, 0.25) is 5.13 Å². The molecule has 2 aromatic rings. The smallest absolute Gasteiger partial charge is 0.259 e. The number of hydrogen-bond acceptors (Lipinski definition) is 5. The molecule has 0 radical (unpaired) electrons. The Morgan fingerprint density at radius 1 is 1.39 bits per heavy atom. The van der Waals surface area contributed by atoms with E-state index in [1.54, 1.807) is 24.3 Å². The van der Waals surface area contributed by atoms with E-state index in [1.807, 2.05) is 0 Å². The second kappa shape index (κ2) is 5.59. The van der Waals surface area contributed by atoms with Crippen LogP contribution in [0.25, 0.3) is 0 Å². The molecule has 0 atom stereocenters. The van der Waals surface area contributed by atoms with Crippen LogP contribution in [0.2, 0.25) is 0 Å². The largest absolute Gasteiger partial charge is 0.398 e. The highest BCUT2D eigenvalue weighted by molar-refractivity contribution is 7.15. The first-order chi connectivity index (χ1) is 8.70. The molecule has 0 aliphatic carbocycles. The highest BCUT2D eigenvalue weighted by atomic mass is 32.1. The minimum absolute atomic E-state index is 0.257. The molecule has 0 unspecified atom stereocenters. The van der Waals surface area contributed by atoms with E-state index in [-0.39, 0.29) is 5.91 Å². The first kappa shape index (κ1) is 12.5. The van der Waals surface area contributed by atoms with Crippen molar-refractivity contribution >= 4 is 28.1 Å². The van der Waals surface area contributed by atoms with Gasteiger partial charge in [0, 0.05) is 12.1 Å². The summed E-state index contributed by atoms with van der Waals surface area (Å²) >= 11 is 1.39. The Morgan fingerprint density at radius 3 is 2.89 bits per heavy atom. The summed E-state index contributed by atoms with van der Waals surface area (Å²) in [5, 5.41) is 12.1. The lowest BCUT2D eigenvalue weighted by molar-refractivity contribution is 0.102. The molecule has 0 aliphatic heterocycles. The van der Waals surface area contributed by atoms with Gasteiger partial charge in [-0.25, -0.2) is 0 Å². The molecule has 94 valence electrons. The number of carbonyl (C=O) groups excluding carboxylic acids is 1. The minimum atomic E-state index is -0.257. The molecule has 18 heavy (non-hydrogen) atoms. The number of amides is 1. The van der Waals surface area contributed by atoms with E-state index in [4.69, 9.17) is 5.73 Å². The van der Waals surface area contributed by atoms with E-state index in [0.717, 1.165) is 17.8 Å². The van der Waals surface area contributed by atoms with Crippen LogP contribution in [0.1, 0.15) is 28.7 Å². The number of rotatable bonds is 4. The van der Waals surface area contributed by atoms with Crippen LogP contribution >= 0.6 is 11.3 Å². The molecule has 0 saturated carbocycles. The summed E-state index contributed by atoms with van der Waals surface area (Å²) in [7, 11) is 0. The fourth-order valence-corrected chi connectivity index (χ4v) is 2.32. The molecule has 0 spiro atoms. The number of nitrogens with two attached hydrogens (primary N) is 1. The summed E-state index contributed by atoms with van der Waals surface area (Å²) in [6.07, 6.45) is 1.88. The van der Waals surface area contributed by atoms with Crippen molar-refractivity contribution in [1.29, 1.82) is 0 Å². The maximum Gasteiger partial charge on any atom is 0.259 e. The third-order valence-corrected chi connectivity index (χ3v) is 3.26. The van der Waals surface area contributed by atoms with Crippen molar-refractivity contribution in [3.63, 3.8) is 0 Å². The van der Waals surface area contributed by atoms with Gasteiger partial charge in [-0.2, -0.15) is 0 Å². The molecule has 0 aliphatic rings. The van der Waals surface area contributed by atoms with Crippen LogP contribution < -0.4 is 11.1 Å². The number of carbonyl (C=O) groups is 1. The number of nitrogen functional groups attached to an aromatic ring is 1. The average Bonchev–Trinajstić information content (AvgIpc) is 2.77. The topological polar surface area (TPSA) is 80.9 Å². The van der Waals surface area contributed by atoms with E-state index in [2.05, 4.69) is 22.4 Å². The van der Waals surface area contributed by atoms with Crippen molar-refractivity contribution in [3.8, 4) is 0 Å². The number of hydrogen-bond donors (Lipinski definition) is 2. The number of anilines is 2. The van der Waals surface area contributed by atoms with Crippen molar-refractivity contribution in [3.05, 3.63) is 34.8 Å². The zero-order valence-corrected chi connectivity index (χ0v) is 10.8. The van der Waals surface area contributed by atoms with E-state index >= 15 is 0 Å². The van der Waals surface area contributed by atoms with Crippen LogP contribution in [-0.4, -0.2) is 16.1 Å². The molecule has 1 amide bonds. The van der Waals surface area contributed by atoms with Gasteiger partial charge in [-0.1, -0.05) is 30.4 Å². The monoisotopic (exact) mass is 262 g/mol. The number of nitrogens with one attached hydrogen (secondary N) is 1. The molecule has 3 N–H and O–H groups in total. The van der Waals surface area contributed by atoms with Gasteiger partial charge in [-0.15, -0.1) is 10.2 Å². The molecule has 2 rings (SSSR count). The third-order valence-electron chi connectivity index (χ3n) is 2.36. The number of aryl methyl sites for hydroxylation is 1. The van der Waals surface area contributed by atoms with E-state index < -0.39 is 0 Å². The van der Waals surface area contributed by atoms with Crippen LogP contribution in [0, 0.1) is 0 Å². The average molecular weight is 262 g/mol. The second-order valence-corrected chi connectivity index (χ2v) is 4.85. The SMILES string of the molecule is CCCc1nnc(NC(=O)c2ccccc2N)s1. The normalized spacial score (nSPS) is 10.3. The lowest BCUT2D eigenvalue weighted by Crippen LogP contribution is -2.13. The maximum atomic E-state index is 11.9. The van der Waals surface area contributed by atoms with Crippen molar-refractivity contribution in [2.75, 3.05) is 11.1 Å². The zero-order chi connectivity index (χ0) is 13.0. The van der Waals surface area contributed by atoms with Crippen molar-refractivity contribution in [2.45, 2.75) is 19.8 Å². The first-order valence-electron chi connectivity index (χ1n) is 5.69.